The quantitative estimate of drug-likeness (QED) is 0.687. The van der Waals surface area contributed by atoms with Crippen LogP contribution in [0.5, 0.6) is 0 Å². The molecule has 0 amide bonds. The molecule has 0 radical (unpaired) electrons. The van der Waals surface area contributed by atoms with E-state index in [4.69, 9.17) is 16.3 Å². The fourth-order valence-electron chi connectivity index (χ4n) is 2.01. The second-order valence-electron chi connectivity index (χ2n) is 4.70. The second kappa shape index (κ2) is 6.45. The molecular weight excluding hydrogens is 300 g/mol. The Morgan fingerprint density at radius 2 is 1.95 bits per heavy atom. The van der Waals surface area contributed by atoms with E-state index in [0.717, 1.165) is 11.3 Å². The summed E-state index contributed by atoms with van der Waals surface area (Å²) in [5.41, 5.74) is 2.31. The van der Waals surface area contributed by atoms with Gasteiger partial charge in [-0.25, -0.2) is 9.48 Å². The minimum Gasteiger partial charge on any atom is -0.457 e. The first kappa shape index (κ1) is 14.4. The molecule has 2 aromatic carbocycles. The van der Waals surface area contributed by atoms with E-state index >= 15 is 0 Å². The minimum absolute atomic E-state index is 0.213. The number of benzene rings is 2. The molecule has 0 spiro atoms. The summed E-state index contributed by atoms with van der Waals surface area (Å²) >= 11 is 5.86. The normalized spacial score (nSPS) is 10.4. The number of rotatable bonds is 4. The lowest BCUT2D eigenvalue weighted by molar-refractivity contribution is 0.0472. The third kappa shape index (κ3) is 3.35. The van der Waals surface area contributed by atoms with Crippen molar-refractivity contribution in [3.63, 3.8) is 0 Å². The number of aromatic nitrogens is 2. The Morgan fingerprint density at radius 1 is 1.14 bits per heavy atom. The topological polar surface area (TPSA) is 44.1 Å². The van der Waals surface area contributed by atoms with Crippen LogP contribution in [0.4, 0.5) is 0 Å². The number of carbonyl (C=O) groups is 1. The molecule has 0 saturated heterocycles. The highest BCUT2D eigenvalue weighted by Crippen LogP contribution is 2.13. The summed E-state index contributed by atoms with van der Waals surface area (Å²) in [5, 5.41) is 4.67. The van der Waals surface area contributed by atoms with Crippen molar-refractivity contribution in [1.29, 1.82) is 0 Å². The molecule has 4 nitrogen and oxygen atoms in total. The Kier molecular flexibility index (Phi) is 4.21. The monoisotopic (exact) mass is 312 g/mol. The van der Waals surface area contributed by atoms with E-state index in [0.29, 0.717) is 10.6 Å². The fraction of sp³-hybridized carbons (Fsp3) is 0.0588. The summed E-state index contributed by atoms with van der Waals surface area (Å²) in [6, 6.07) is 16.2. The van der Waals surface area contributed by atoms with Gasteiger partial charge >= 0.3 is 5.97 Å². The van der Waals surface area contributed by atoms with Gasteiger partial charge in [-0.3, -0.25) is 0 Å². The Bertz CT molecular complexity index is 768. The van der Waals surface area contributed by atoms with Crippen molar-refractivity contribution in [2.45, 2.75) is 6.61 Å². The average Bonchev–Trinajstić information content (AvgIpc) is 3.07. The zero-order chi connectivity index (χ0) is 15.4. The summed E-state index contributed by atoms with van der Waals surface area (Å²) in [6.45, 7) is 0.213. The van der Waals surface area contributed by atoms with Crippen LogP contribution in [0.2, 0.25) is 5.02 Å². The first-order valence-corrected chi connectivity index (χ1v) is 7.12. The summed E-state index contributed by atoms with van der Waals surface area (Å²) in [6.07, 6.45) is 3.59. The lowest BCUT2D eigenvalue weighted by Crippen LogP contribution is -2.05. The molecule has 0 N–H and O–H groups in total. The van der Waals surface area contributed by atoms with Gasteiger partial charge in [-0.15, -0.1) is 0 Å². The van der Waals surface area contributed by atoms with Crippen LogP contribution in [0.25, 0.3) is 5.69 Å². The average molecular weight is 313 g/mol. The molecule has 0 unspecified atom stereocenters. The predicted octanol–water partition coefficient (Wildman–Crippen LogP) is 3.88. The molecule has 0 atom stereocenters. The highest BCUT2D eigenvalue weighted by Gasteiger charge is 2.07. The lowest BCUT2D eigenvalue weighted by Gasteiger charge is -2.06. The van der Waals surface area contributed by atoms with Gasteiger partial charge in [-0.1, -0.05) is 29.8 Å². The molecule has 0 aliphatic carbocycles. The Morgan fingerprint density at radius 3 is 2.64 bits per heavy atom. The number of ether oxygens (including phenoxy) is 1. The van der Waals surface area contributed by atoms with Crippen LogP contribution < -0.4 is 0 Å². The summed E-state index contributed by atoms with van der Waals surface area (Å²) in [4.78, 5) is 11.9. The first-order valence-electron chi connectivity index (χ1n) is 6.74. The highest BCUT2D eigenvalue weighted by atomic mass is 35.5. The van der Waals surface area contributed by atoms with E-state index in [1.54, 1.807) is 35.1 Å². The summed E-state index contributed by atoms with van der Waals surface area (Å²) in [7, 11) is 0. The Labute approximate surface area is 132 Å². The Hall–Kier alpha value is -2.59. The van der Waals surface area contributed by atoms with E-state index < -0.39 is 5.97 Å². The number of hydrogen-bond donors (Lipinski definition) is 0. The molecule has 0 aliphatic heterocycles. The fourth-order valence-corrected chi connectivity index (χ4v) is 2.20. The van der Waals surface area contributed by atoms with Crippen LogP contribution in [0.15, 0.2) is 67.0 Å². The molecule has 1 aromatic heterocycles. The number of carbonyl (C=O) groups excluding carboxylic acids is 1. The molecule has 0 saturated carbocycles. The minimum atomic E-state index is -0.390. The van der Waals surface area contributed by atoms with Crippen molar-refractivity contribution in [2.24, 2.45) is 0 Å². The van der Waals surface area contributed by atoms with Gasteiger partial charge in [-0.05, 0) is 42.0 Å². The van der Waals surface area contributed by atoms with Gasteiger partial charge in [0.25, 0.3) is 0 Å². The molecule has 3 aromatic rings. The molecule has 5 heteroatoms. The highest BCUT2D eigenvalue weighted by molar-refractivity contribution is 6.30. The van der Waals surface area contributed by atoms with Gasteiger partial charge < -0.3 is 4.74 Å². The molecule has 0 fully saturated rings. The molecule has 110 valence electrons. The van der Waals surface area contributed by atoms with Gasteiger partial charge in [0, 0.05) is 17.4 Å². The zero-order valence-electron chi connectivity index (χ0n) is 11.6. The molecule has 3 rings (SSSR count). The van der Waals surface area contributed by atoms with Crippen LogP contribution in [0.1, 0.15) is 15.9 Å². The van der Waals surface area contributed by atoms with E-state index in [1.807, 2.05) is 36.5 Å². The van der Waals surface area contributed by atoms with Crippen LogP contribution >= 0.6 is 11.6 Å². The zero-order valence-corrected chi connectivity index (χ0v) is 12.4. The van der Waals surface area contributed by atoms with Crippen molar-refractivity contribution in [1.82, 2.24) is 9.78 Å². The van der Waals surface area contributed by atoms with E-state index in [9.17, 15) is 4.79 Å². The maximum atomic E-state index is 11.9. The molecule has 0 aliphatic rings. The van der Waals surface area contributed by atoms with Gasteiger partial charge in [0.15, 0.2) is 0 Å². The van der Waals surface area contributed by atoms with E-state index in [2.05, 4.69) is 5.10 Å². The third-order valence-electron chi connectivity index (χ3n) is 3.14. The number of halogens is 1. The van der Waals surface area contributed by atoms with Crippen LogP contribution in [-0.2, 0) is 11.3 Å². The Balaban J connectivity index is 1.63. The summed E-state index contributed by atoms with van der Waals surface area (Å²) in [5.74, 6) is -0.390. The van der Waals surface area contributed by atoms with Crippen LogP contribution in [-0.4, -0.2) is 15.7 Å². The van der Waals surface area contributed by atoms with E-state index in [-0.39, 0.29) is 6.61 Å². The lowest BCUT2D eigenvalue weighted by atomic mass is 10.2. The largest absolute Gasteiger partial charge is 0.457 e. The molecule has 0 bridgehead atoms. The molecule has 1 heterocycles. The maximum Gasteiger partial charge on any atom is 0.338 e. The standard InChI is InChI=1S/C17H13ClN2O2/c18-15-4-1-3-14(11-15)17(21)22-12-13-5-7-16(8-6-13)20-10-2-9-19-20/h1-11H,12H2. The molecule has 22 heavy (non-hydrogen) atoms. The van der Waals surface area contributed by atoms with Crippen molar-refractivity contribution in [2.75, 3.05) is 0 Å². The van der Waals surface area contributed by atoms with Crippen molar-refractivity contribution < 1.29 is 9.53 Å². The SMILES string of the molecule is O=C(OCc1ccc(-n2cccn2)cc1)c1cccc(Cl)c1. The number of hydrogen-bond acceptors (Lipinski definition) is 3. The number of esters is 1. The van der Waals surface area contributed by atoms with Crippen molar-refractivity contribution in [3.8, 4) is 5.69 Å². The van der Waals surface area contributed by atoms with Gasteiger partial charge in [0.1, 0.15) is 6.61 Å². The molecular formula is C17H13ClN2O2. The van der Waals surface area contributed by atoms with E-state index in [1.165, 1.54) is 0 Å². The van der Waals surface area contributed by atoms with Crippen LogP contribution in [0.3, 0.4) is 0 Å². The van der Waals surface area contributed by atoms with Gasteiger partial charge in [0.05, 0.1) is 11.3 Å². The summed E-state index contributed by atoms with van der Waals surface area (Å²) < 4.78 is 7.05. The second-order valence-corrected chi connectivity index (χ2v) is 5.14. The third-order valence-corrected chi connectivity index (χ3v) is 3.37. The first-order chi connectivity index (χ1) is 10.7. The van der Waals surface area contributed by atoms with Gasteiger partial charge in [-0.2, -0.15) is 5.10 Å². The smallest absolute Gasteiger partial charge is 0.338 e. The van der Waals surface area contributed by atoms with Crippen molar-refractivity contribution in [3.05, 3.63) is 83.1 Å². The van der Waals surface area contributed by atoms with Crippen molar-refractivity contribution >= 4 is 17.6 Å². The van der Waals surface area contributed by atoms with Gasteiger partial charge in [0.2, 0.25) is 0 Å². The predicted molar refractivity (Wildman–Crippen MR) is 84.1 cm³/mol. The van der Waals surface area contributed by atoms with Crippen LogP contribution in [0, 0.1) is 0 Å². The maximum absolute atomic E-state index is 11.9. The number of nitrogens with zero attached hydrogens (tertiary/aromatic N) is 2.